The fourth-order valence-electron chi connectivity index (χ4n) is 1.91. The second-order valence-electron chi connectivity index (χ2n) is 4.97. The Balaban J connectivity index is 1.90. The molecule has 1 aromatic carbocycles. The van der Waals surface area contributed by atoms with Crippen LogP contribution in [0.3, 0.4) is 0 Å². The monoisotopic (exact) mass is 278 g/mol. The SMILES string of the molecule is O=C(Cc1cccc([N+](=O)[O-])c1)NCC1(C(=O)O)CC1. The number of non-ortho nitro benzene ring substituents is 1. The highest BCUT2D eigenvalue weighted by atomic mass is 16.6. The van der Waals surface area contributed by atoms with Crippen molar-refractivity contribution in [2.24, 2.45) is 5.41 Å². The van der Waals surface area contributed by atoms with E-state index in [-0.39, 0.29) is 24.6 Å². The van der Waals surface area contributed by atoms with Crippen LogP contribution < -0.4 is 5.32 Å². The Kier molecular flexibility index (Phi) is 3.69. The minimum Gasteiger partial charge on any atom is -0.481 e. The molecule has 7 heteroatoms. The number of hydrogen-bond acceptors (Lipinski definition) is 4. The molecule has 0 heterocycles. The van der Waals surface area contributed by atoms with Crippen molar-refractivity contribution in [3.63, 3.8) is 0 Å². The number of nitrogens with one attached hydrogen (secondary N) is 1. The molecule has 1 aromatic rings. The number of carboxylic acids is 1. The highest BCUT2D eigenvalue weighted by Gasteiger charge is 2.50. The molecule has 0 aromatic heterocycles. The number of hydrogen-bond donors (Lipinski definition) is 2. The third-order valence-corrected chi connectivity index (χ3v) is 3.42. The first-order valence-electron chi connectivity index (χ1n) is 6.16. The second kappa shape index (κ2) is 5.28. The number of nitro benzene ring substituents is 1. The summed E-state index contributed by atoms with van der Waals surface area (Å²) in [6.07, 6.45) is 1.14. The van der Waals surface area contributed by atoms with Gasteiger partial charge in [0.25, 0.3) is 5.69 Å². The van der Waals surface area contributed by atoms with Gasteiger partial charge in [-0.05, 0) is 18.4 Å². The van der Waals surface area contributed by atoms with Gasteiger partial charge in [-0.25, -0.2) is 0 Å². The molecule has 1 amide bonds. The average molecular weight is 278 g/mol. The Morgan fingerprint density at radius 2 is 2.10 bits per heavy atom. The van der Waals surface area contributed by atoms with E-state index >= 15 is 0 Å². The lowest BCUT2D eigenvalue weighted by Gasteiger charge is -2.11. The van der Waals surface area contributed by atoms with E-state index in [0.29, 0.717) is 18.4 Å². The number of aliphatic carboxylic acids is 1. The molecule has 20 heavy (non-hydrogen) atoms. The summed E-state index contributed by atoms with van der Waals surface area (Å²) in [5.74, 6) is -1.23. The molecular formula is C13H14N2O5. The van der Waals surface area contributed by atoms with E-state index < -0.39 is 16.3 Å². The Labute approximate surface area is 114 Å². The third kappa shape index (κ3) is 3.11. The Hall–Kier alpha value is -2.44. The van der Waals surface area contributed by atoms with Gasteiger partial charge in [-0.3, -0.25) is 19.7 Å². The van der Waals surface area contributed by atoms with Gasteiger partial charge in [0.2, 0.25) is 5.91 Å². The van der Waals surface area contributed by atoms with E-state index in [4.69, 9.17) is 5.11 Å². The van der Waals surface area contributed by atoms with Crippen LogP contribution in [0.4, 0.5) is 5.69 Å². The van der Waals surface area contributed by atoms with Gasteiger partial charge in [0.1, 0.15) is 0 Å². The molecule has 0 radical (unpaired) electrons. The van der Waals surface area contributed by atoms with Crippen molar-refractivity contribution in [3.8, 4) is 0 Å². The molecule has 0 spiro atoms. The summed E-state index contributed by atoms with van der Waals surface area (Å²) in [6.45, 7) is 0.107. The van der Waals surface area contributed by atoms with Crippen LogP contribution >= 0.6 is 0 Å². The second-order valence-corrected chi connectivity index (χ2v) is 4.97. The topological polar surface area (TPSA) is 110 Å². The molecule has 0 unspecified atom stereocenters. The van der Waals surface area contributed by atoms with Crippen LogP contribution in [0.5, 0.6) is 0 Å². The largest absolute Gasteiger partial charge is 0.481 e. The molecule has 1 saturated carbocycles. The number of carbonyl (C=O) groups is 2. The number of carbonyl (C=O) groups excluding carboxylic acids is 1. The molecule has 0 aliphatic heterocycles. The van der Waals surface area contributed by atoms with E-state index in [2.05, 4.69) is 5.32 Å². The fourth-order valence-corrected chi connectivity index (χ4v) is 1.91. The van der Waals surface area contributed by atoms with Crippen LogP contribution in [0.15, 0.2) is 24.3 Å². The van der Waals surface area contributed by atoms with Crippen LogP contribution in [0, 0.1) is 15.5 Å². The zero-order valence-corrected chi connectivity index (χ0v) is 10.7. The molecule has 1 aliphatic carbocycles. The van der Waals surface area contributed by atoms with E-state index in [0.717, 1.165) is 0 Å². The zero-order chi connectivity index (χ0) is 14.8. The predicted octanol–water partition coefficient (Wildman–Crippen LogP) is 1.12. The van der Waals surface area contributed by atoms with Gasteiger partial charge in [-0.1, -0.05) is 12.1 Å². The highest BCUT2D eigenvalue weighted by Crippen LogP contribution is 2.45. The van der Waals surface area contributed by atoms with Crippen molar-refractivity contribution >= 4 is 17.6 Å². The lowest BCUT2D eigenvalue weighted by Crippen LogP contribution is -2.35. The summed E-state index contributed by atoms with van der Waals surface area (Å²) < 4.78 is 0. The van der Waals surface area contributed by atoms with Crippen LogP contribution in [-0.4, -0.2) is 28.5 Å². The average Bonchev–Trinajstić information content (AvgIpc) is 3.18. The van der Waals surface area contributed by atoms with Crippen molar-refractivity contribution in [2.45, 2.75) is 19.3 Å². The van der Waals surface area contributed by atoms with Gasteiger partial charge in [0.15, 0.2) is 0 Å². The summed E-state index contributed by atoms with van der Waals surface area (Å²) in [5.41, 5.74) is -0.352. The summed E-state index contributed by atoms with van der Waals surface area (Å²) >= 11 is 0. The normalized spacial score (nSPS) is 15.4. The molecule has 0 bridgehead atoms. The lowest BCUT2D eigenvalue weighted by molar-refractivity contribution is -0.384. The van der Waals surface area contributed by atoms with Crippen LogP contribution in [0.1, 0.15) is 18.4 Å². The number of nitrogens with zero attached hydrogens (tertiary/aromatic N) is 1. The first kappa shape index (κ1) is 14.0. The first-order valence-corrected chi connectivity index (χ1v) is 6.16. The van der Waals surface area contributed by atoms with E-state index in [1.54, 1.807) is 6.07 Å². The molecule has 7 nitrogen and oxygen atoms in total. The predicted molar refractivity (Wildman–Crippen MR) is 69.1 cm³/mol. The minimum atomic E-state index is -0.895. The maximum atomic E-state index is 11.7. The Morgan fingerprint density at radius 3 is 2.65 bits per heavy atom. The van der Waals surface area contributed by atoms with E-state index in [1.165, 1.54) is 18.2 Å². The Morgan fingerprint density at radius 1 is 1.40 bits per heavy atom. The quantitative estimate of drug-likeness (QED) is 0.598. The Bertz CT molecular complexity index is 566. The molecule has 0 atom stereocenters. The third-order valence-electron chi connectivity index (χ3n) is 3.42. The molecule has 2 rings (SSSR count). The maximum Gasteiger partial charge on any atom is 0.311 e. The number of amides is 1. The van der Waals surface area contributed by atoms with Crippen molar-refractivity contribution in [1.82, 2.24) is 5.32 Å². The molecule has 1 fully saturated rings. The number of nitro groups is 1. The number of benzene rings is 1. The molecule has 106 valence electrons. The van der Waals surface area contributed by atoms with Gasteiger partial charge in [0, 0.05) is 18.7 Å². The molecule has 0 saturated heterocycles. The maximum absolute atomic E-state index is 11.7. The number of carboxylic acid groups (broad SMARTS) is 1. The van der Waals surface area contributed by atoms with Gasteiger partial charge >= 0.3 is 5.97 Å². The molecule has 2 N–H and O–H groups in total. The van der Waals surface area contributed by atoms with Gasteiger partial charge < -0.3 is 10.4 Å². The van der Waals surface area contributed by atoms with Crippen molar-refractivity contribution in [2.75, 3.05) is 6.54 Å². The van der Waals surface area contributed by atoms with Crippen molar-refractivity contribution in [1.29, 1.82) is 0 Å². The van der Waals surface area contributed by atoms with Gasteiger partial charge in [-0.15, -0.1) is 0 Å². The summed E-state index contributed by atoms with van der Waals surface area (Å²) in [4.78, 5) is 32.8. The van der Waals surface area contributed by atoms with Crippen LogP contribution in [-0.2, 0) is 16.0 Å². The fraction of sp³-hybridized carbons (Fsp3) is 0.385. The van der Waals surface area contributed by atoms with E-state index in [9.17, 15) is 19.7 Å². The lowest BCUT2D eigenvalue weighted by atomic mass is 10.1. The highest BCUT2D eigenvalue weighted by molar-refractivity contribution is 5.82. The van der Waals surface area contributed by atoms with Crippen molar-refractivity contribution in [3.05, 3.63) is 39.9 Å². The van der Waals surface area contributed by atoms with Crippen molar-refractivity contribution < 1.29 is 19.6 Å². The standard InChI is InChI=1S/C13H14N2O5/c16-11(14-8-13(4-5-13)12(17)18)7-9-2-1-3-10(6-9)15(19)20/h1-3,6H,4-5,7-8H2,(H,14,16)(H,17,18). The number of rotatable bonds is 6. The molecule has 1 aliphatic rings. The zero-order valence-electron chi connectivity index (χ0n) is 10.7. The summed E-state index contributed by atoms with van der Waals surface area (Å²) in [7, 11) is 0. The van der Waals surface area contributed by atoms with Gasteiger partial charge in [0.05, 0.1) is 16.8 Å². The van der Waals surface area contributed by atoms with Gasteiger partial charge in [-0.2, -0.15) is 0 Å². The smallest absolute Gasteiger partial charge is 0.311 e. The first-order chi connectivity index (χ1) is 9.43. The summed E-state index contributed by atoms with van der Waals surface area (Å²) in [6, 6.07) is 5.83. The minimum absolute atomic E-state index is 0.00260. The summed E-state index contributed by atoms with van der Waals surface area (Å²) in [5, 5.41) is 22.2. The molecular weight excluding hydrogens is 264 g/mol. The van der Waals surface area contributed by atoms with Crippen LogP contribution in [0.25, 0.3) is 0 Å². The van der Waals surface area contributed by atoms with E-state index in [1.807, 2.05) is 0 Å². The van der Waals surface area contributed by atoms with Crippen LogP contribution in [0.2, 0.25) is 0 Å².